The summed E-state index contributed by atoms with van der Waals surface area (Å²) in [6, 6.07) is 24.2. The molecule has 3 aromatic carbocycles. The summed E-state index contributed by atoms with van der Waals surface area (Å²) >= 11 is 2.57. The number of halogens is 1. The van der Waals surface area contributed by atoms with Gasteiger partial charge in [0, 0.05) is 12.1 Å². The molecule has 1 aliphatic rings. The number of hydrogen-bond donors (Lipinski definition) is 1. The zero-order valence-electron chi connectivity index (χ0n) is 25.6. The fraction of sp³-hybridized carbons (Fsp3) is 0.206. The first kappa shape index (κ1) is 32.0. The van der Waals surface area contributed by atoms with Crippen LogP contribution in [0.1, 0.15) is 46.0 Å². The van der Waals surface area contributed by atoms with Crippen molar-refractivity contribution in [2.75, 3.05) is 19.5 Å². The van der Waals surface area contributed by atoms with Gasteiger partial charge in [-0.25, -0.2) is 9.40 Å². The summed E-state index contributed by atoms with van der Waals surface area (Å²) in [5.74, 6) is 1.13. The number of rotatable bonds is 12. The number of hydrazone groups is 1. The van der Waals surface area contributed by atoms with Crippen molar-refractivity contribution in [3.63, 3.8) is 0 Å². The van der Waals surface area contributed by atoms with Crippen LogP contribution in [0.2, 0.25) is 0 Å². The summed E-state index contributed by atoms with van der Waals surface area (Å²) in [6.45, 7) is 2.58. The van der Waals surface area contributed by atoms with Crippen LogP contribution in [-0.4, -0.2) is 56.8 Å². The molecule has 3 heterocycles. The summed E-state index contributed by atoms with van der Waals surface area (Å²) < 4.78 is 26.5. The van der Waals surface area contributed by atoms with Crippen molar-refractivity contribution in [3.05, 3.63) is 118 Å². The number of thioether (sulfide) groups is 1. The van der Waals surface area contributed by atoms with Crippen LogP contribution in [0.3, 0.4) is 0 Å². The molecule has 0 saturated heterocycles. The number of amides is 2. The van der Waals surface area contributed by atoms with Crippen molar-refractivity contribution in [2.45, 2.75) is 31.1 Å². The van der Waals surface area contributed by atoms with Crippen molar-refractivity contribution in [1.29, 1.82) is 0 Å². The molecule has 0 spiro atoms. The number of hydrogen-bond acceptors (Lipinski definition) is 9. The molecule has 0 fully saturated rings. The summed E-state index contributed by atoms with van der Waals surface area (Å²) in [6.07, 6.45) is 0.463. The van der Waals surface area contributed by atoms with E-state index in [1.165, 1.54) is 40.2 Å². The molecule has 0 radical (unpaired) electrons. The van der Waals surface area contributed by atoms with Gasteiger partial charge in [-0.05, 0) is 90.2 Å². The second-order valence-electron chi connectivity index (χ2n) is 10.4. The molecule has 10 nitrogen and oxygen atoms in total. The van der Waals surface area contributed by atoms with Crippen LogP contribution < -0.4 is 14.8 Å². The van der Waals surface area contributed by atoms with Crippen LogP contribution >= 0.6 is 23.1 Å². The lowest BCUT2D eigenvalue weighted by molar-refractivity contribution is -0.130. The maximum atomic E-state index is 13.8. The van der Waals surface area contributed by atoms with E-state index < -0.39 is 6.04 Å². The second kappa shape index (κ2) is 14.6. The van der Waals surface area contributed by atoms with Crippen LogP contribution in [0.15, 0.2) is 101 Å². The normalized spacial score (nSPS) is 14.1. The van der Waals surface area contributed by atoms with Crippen LogP contribution in [0.5, 0.6) is 11.5 Å². The van der Waals surface area contributed by atoms with Gasteiger partial charge in [-0.15, -0.1) is 21.5 Å². The van der Waals surface area contributed by atoms with E-state index in [1.807, 2.05) is 71.5 Å². The summed E-state index contributed by atoms with van der Waals surface area (Å²) in [4.78, 5) is 27.1. The highest BCUT2D eigenvalue weighted by atomic mass is 32.2. The fourth-order valence-electron chi connectivity index (χ4n) is 5.12. The molecule has 0 aliphatic carbocycles. The Hall–Kier alpha value is -5.01. The minimum Gasteiger partial charge on any atom is -0.497 e. The fourth-order valence-corrected chi connectivity index (χ4v) is 6.58. The van der Waals surface area contributed by atoms with Crippen LogP contribution in [0, 0.1) is 5.82 Å². The zero-order valence-corrected chi connectivity index (χ0v) is 27.3. The van der Waals surface area contributed by atoms with Gasteiger partial charge in [-0.2, -0.15) is 5.10 Å². The largest absolute Gasteiger partial charge is 0.497 e. The van der Waals surface area contributed by atoms with Gasteiger partial charge >= 0.3 is 0 Å². The predicted molar refractivity (Wildman–Crippen MR) is 179 cm³/mol. The number of nitrogens with one attached hydrogen (secondary N) is 1. The Labute approximate surface area is 279 Å². The molecule has 2 amide bonds. The van der Waals surface area contributed by atoms with E-state index in [-0.39, 0.29) is 29.9 Å². The topological polar surface area (TPSA) is 111 Å². The first-order chi connectivity index (χ1) is 22.9. The molecular formula is C34H31FN6O4S2. The molecule has 2 aromatic heterocycles. The number of thiophene rings is 1. The van der Waals surface area contributed by atoms with E-state index in [4.69, 9.17) is 14.6 Å². The maximum Gasteiger partial charge on any atom is 0.261 e. The number of ether oxygens (including phenoxy) is 2. The Bertz CT molecular complexity index is 1860. The molecule has 1 N–H and O–H groups in total. The molecule has 13 heteroatoms. The zero-order chi connectivity index (χ0) is 32.8. The average molecular weight is 671 g/mol. The Balaban J connectivity index is 1.25. The molecule has 0 unspecified atom stereocenters. The Morgan fingerprint density at radius 3 is 2.43 bits per heavy atom. The Kier molecular flexibility index (Phi) is 9.93. The molecule has 240 valence electrons. The smallest absolute Gasteiger partial charge is 0.261 e. The monoisotopic (exact) mass is 670 g/mol. The van der Waals surface area contributed by atoms with E-state index in [0.717, 1.165) is 22.5 Å². The number of aromatic nitrogens is 3. The molecule has 1 aliphatic heterocycles. The third-order valence-electron chi connectivity index (χ3n) is 7.43. The highest BCUT2D eigenvalue weighted by molar-refractivity contribution is 7.99. The summed E-state index contributed by atoms with van der Waals surface area (Å²) in [5.41, 5.74) is 3.13. The van der Waals surface area contributed by atoms with E-state index in [1.54, 1.807) is 25.3 Å². The number of carbonyl (C=O) groups is 2. The maximum absolute atomic E-state index is 13.8. The quantitative estimate of drug-likeness (QED) is 0.156. The van der Waals surface area contributed by atoms with E-state index in [9.17, 15) is 14.0 Å². The lowest BCUT2D eigenvalue weighted by Crippen LogP contribution is -2.28. The first-order valence-corrected chi connectivity index (χ1v) is 16.7. The van der Waals surface area contributed by atoms with Crippen LogP contribution in [0.4, 0.5) is 4.39 Å². The van der Waals surface area contributed by atoms with Crippen molar-refractivity contribution in [3.8, 4) is 17.2 Å². The van der Waals surface area contributed by atoms with Gasteiger partial charge in [0.2, 0.25) is 0 Å². The Morgan fingerprint density at radius 1 is 1.00 bits per heavy atom. The molecule has 0 bridgehead atoms. The molecule has 6 rings (SSSR count). The number of nitrogens with zero attached hydrogens (tertiary/aromatic N) is 5. The molecular weight excluding hydrogens is 640 g/mol. The highest BCUT2D eigenvalue weighted by Crippen LogP contribution is 2.34. The lowest BCUT2D eigenvalue weighted by Gasteiger charge is -2.22. The molecule has 0 saturated carbocycles. The van der Waals surface area contributed by atoms with E-state index >= 15 is 0 Å². The highest BCUT2D eigenvalue weighted by Gasteiger charge is 2.33. The van der Waals surface area contributed by atoms with E-state index in [2.05, 4.69) is 15.5 Å². The standard InChI is InChI=1S/C34H31FN6O4S2/c1-3-45-27-16-12-25(13-17-27)40-31(20-36-33(43)30-5-4-18-46-30)37-38-34(40)47-21-32(42)41-29(23-6-10-24(35)11-7-23)19-28(39-41)22-8-14-26(44-2)15-9-22/h4-18,29H,3,19-21H2,1-2H3,(H,36,43)/t29-/m0/s1. The lowest BCUT2D eigenvalue weighted by atomic mass is 9.98. The van der Waals surface area contributed by atoms with Gasteiger partial charge in [0.15, 0.2) is 11.0 Å². The minimum atomic E-state index is -0.409. The van der Waals surface area contributed by atoms with Crippen molar-refractivity contribution in [2.24, 2.45) is 5.10 Å². The van der Waals surface area contributed by atoms with E-state index in [0.29, 0.717) is 40.4 Å². The van der Waals surface area contributed by atoms with Gasteiger partial charge < -0.3 is 14.8 Å². The van der Waals surface area contributed by atoms with Gasteiger partial charge in [0.25, 0.3) is 11.8 Å². The average Bonchev–Trinajstić information content (AvgIpc) is 3.88. The number of carbonyl (C=O) groups excluding carboxylic acids is 2. The van der Waals surface area contributed by atoms with Gasteiger partial charge in [0.05, 0.1) is 42.6 Å². The molecule has 1 atom stereocenters. The summed E-state index contributed by atoms with van der Waals surface area (Å²) in [5, 5.41) is 20.2. The van der Waals surface area contributed by atoms with Crippen molar-refractivity contribution in [1.82, 2.24) is 25.1 Å². The SMILES string of the molecule is CCOc1ccc(-n2c(CNC(=O)c3cccs3)nnc2SCC(=O)N2N=C(c3ccc(OC)cc3)C[C@H]2c2ccc(F)cc2)cc1. The predicted octanol–water partition coefficient (Wildman–Crippen LogP) is 6.28. The van der Waals surface area contributed by atoms with Crippen LogP contribution in [0.25, 0.3) is 5.69 Å². The minimum absolute atomic E-state index is 0.00774. The Morgan fingerprint density at radius 2 is 1.74 bits per heavy atom. The molecule has 47 heavy (non-hydrogen) atoms. The summed E-state index contributed by atoms with van der Waals surface area (Å²) in [7, 11) is 1.60. The molecule has 5 aromatic rings. The first-order valence-electron chi connectivity index (χ1n) is 14.8. The van der Waals surface area contributed by atoms with Crippen LogP contribution in [-0.2, 0) is 11.3 Å². The number of methoxy groups -OCH3 is 1. The van der Waals surface area contributed by atoms with Gasteiger partial charge in [-0.3, -0.25) is 14.2 Å². The van der Waals surface area contributed by atoms with Crippen molar-refractivity contribution >= 4 is 40.6 Å². The third-order valence-corrected chi connectivity index (χ3v) is 9.21. The van der Waals surface area contributed by atoms with Gasteiger partial charge in [-0.1, -0.05) is 30.0 Å². The third kappa shape index (κ3) is 7.36. The number of benzene rings is 3. The second-order valence-corrected chi connectivity index (χ2v) is 12.3. The van der Waals surface area contributed by atoms with Gasteiger partial charge in [0.1, 0.15) is 17.3 Å². The van der Waals surface area contributed by atoms with Crippen molar-refractivity contribution < 1.29 is 23.5 Å².